The molecule has 0 aliphatic heterocycles. The van der Waals surface area contributed by atoms with Crippen LogP contribution < -0.4 is 10.2 Å². The van der Waals surface area contributed by atoms with Gasteiger partial charge in [0, 0.05) is 17.1 Å². The van der Waals surface area contributed by atoms with Gasteiger partial charge in [0.2, 0.25) is 0 Å². The van der Waals surface area contributed by atoms with Crippen LogP contribution in [0.4, 0.5) is 28.4 Å². The molecular formula is C24H19N2. The van der Waals surface area contributed by atoms with Gasteiger partial charge in [-0.25, -0.2) is 5.32 Å². The second kappa shape index (κ2) is 7.58. The van der Waals surface area contributed by atoms with E-state index < -0.39 is 0 Å². The minimum atomic E-state index is 0.945. The van der Waals surface area contributed by atoms with Gasteiger partial charge in [0.15, 0.2) is 0 Å². The quantitative estimate of drug-likeness (QED) is 0.395. The standard InChI is InChI=1S/C24H19N2/c1-4-10-20(11-5-1)25-21-16-18-24(19-17-21)26(22-12-6-2-7-13-22)23-14-8-3-9-15-23/h1-19H. The topological polar surface area (TPSA) is 17.3 Å². The third kappa shape index (κ3) is 3.60. The second-order valence-corrected chi connectivity index (χ2v) is 5.97. The van der Waals surface area contributed by atoms with Crippen LogP contribution in [0.3, 0.4) is 0 Å². The summed E-state index contributed by atoms with van der Waals surface area (Å²) in [6.45, 7) is 0. The largest absolute Gasteiger partial charge is 0.311 e. The normalized spacial score (nSPS) is 10.3. The van der Waals surface area contributed by atoms with E-state index in [1.807, 2.05) is 42.5 Å². The van der Waals surface area contributed by atoms with Crippen LogP contribution in [-0.4, -0.2) is 0 Å². The van der Waals surface area contributed by atoms with Crippen molar-refractivity contribution < 1.29 is 0 Å². The van der Waals surface area contributed by atoms with Gasteiger partial charge in [-0.2, -0.15) is 0 Å². The van der Waals surface area contributed by atoms with Gasteiger partial charge in [-0.1, -0.05) is 54.6 Å². The highest BCUT2D eigenvalue weighted by atomic mass is 15.1. The van der Waals surface area contributed by atoms with Crippen LogP contribution in [0, 0.1) is 0 Å². The molecule has 2 heteroatoms. The fourth-order valence-electron chi connectivity index (χ4n) is 2.93. The van der Waals surface area contributed by atoms with Gasteiger partial charge in [-0.3, -0.25) is 0 Å². The molecule has 0 heterocycles. The number of anilines is 3. The van der Waals surface area contributed by atoms with Crippen LogP contribution >= 0.6 is 0 Å². The number of hydrogen-bond acceptors (Lipinski definition) is 1. The lowest BCUT2D eigenvalue weighted by Crippen LogP contribution is -2.09. The Hall–Kier alpha value is -3.52. The first kappa shape index (κ1) is 16.0. The maximum Gasteiger partial charge on any atom is 0.0638 e. The van der Waals surface area contributed by atoms with Gasteiger partial charge in [0.1, 0.15) is 0 Å². The molecule has 0 saturated carbocycles. The number of hydrogen-bond donors (Lipinski definition) is 0. The molecule has 0 unspecified atom stereocenters. The van der Waals surface area contributed by atoms with E-state index in [1.165, 1.54) is 0 Å². The van der Waals surface area contributed by atoms with Crippen molar-refractivity contribution in [2.24, 2.45) is 0 Å². The predicted molar refractivity (Wildman–Crippen MR) is 109 cm³/mol. The smallest absolute Gasteiger partial charge is 0.0638 e. The number of benzene rings is 4. The van der Waals surface area contributed by atoms with Gasteiger partial charge in [0.25, 0.3) is 0 Å². The molecule has 4 aromatic rings. The average Bonchev–Trinajstić information content (AvgIpc) is 2.72. The Morgan fingerprint density at radius 2 is 0.769 bits per heavy atom. The number of rotatable bonds is 5. The lowest BCUT2D eigenvalue weighted by atomic mass is 10.2. The van der Waals surface area contributed by atoms with Crippen LogP contribution in [0.2, 0.25) is 0 Å². The zero-order valence-corrected chi connectivity index (χ0v) is 14.4. The molecule has 0 bridgehead atoms. The van der Waals surface area contributed by atoms with Crippen molar-refractivity contribution in [1.82, 2.24) is 5.32 Å². The first-order chi connectivity index (χ1) is 12.9. The molecular weight excluding hydrogens is 316 g/mol. The number of nitrogens with zero attached hydrogens (tertiary/aromatic N) is 2. The van der Waals surface area contributed by atoms with Crippen molar-refractivity contribution in [2.45, 2.75) is 0 Å². The van der Waals surface area contributed by atoms with Crippen molar-refractivity contribution in [3.63, 3.8) is 0 Å². The summed E-state index contributed by atoms with van der Waals surface area (Å²) in [5, 5.41) is 4.67. The van der Waals surface area contributed by atoms with Gasteiger partial charge in [-0.15, -0.1) is 0 Å². The molecule has 0 aromatic heterocycles. The summed E-state index contributed by atoms with van der Waals surface area (Å²) in [7, 11) is 0. The zero-order chi connectivity index (χ0) is 17.6. The van der Waals surface area contributed by atoms with E-state index in [0.29, 0.717) is 0 Å². The lowest BCUT2D eigenvalue weighted by Gasteiger charge is -2.25. The number of para-hydroxylation sites is 3. The third-order valence-electron chi connectivity index (χ3n) is 4.15. The monoisotopic (exact) mass is 335 g/mol. The average molecular weight is 335 g/mol. The Balaban J connectivity index is 1.66. The molecule has 0 saturated heterocycles. The lowest BCUT2D eigenvalue weighted by molar-refractivity contribution is 1.18. The Bertz CT molecular complexity index is 894. The summed E-state index contributed by atoms with van der Waals surface area (Å²) in [5.74, 6) is 0. The summed E-state index contributed by atoms with van der Waals surface area (Å²) < 4.78 is 0. The molecule has 0 aliphatic rings. The Morgan fingerprint density at radius 1 is 0.385 bits per heavy atom. The van der Waals surface area contributed by atoms with Gasteiger partial charge in [0.05, 0.1) is 11.4 Å². The van der Waals surface area contributed by atoms with Crippen molar-refractivity contribution in [1.29, 1.82) is 0 Å². The van der Waals surface area contributed by atoms with Crippen LogP contribution in [0.25, 0.3) is 0 Å². The SMILES string of the molecule is c1ccc([N]c2ccc(N(c3ccccc3)c3ccccc3)cc2)cc1. The van der Waals surface area contributed by atoms with Crippen LogP contribution in [0.1, 0.15) is 0 Å². The minimum absolute atomic E-state index is 0.945. The molecule has 2 nitrogen and oxygen atoms in total. The van der Waals surface area contributed by atoms with Crippen LogP contribution in [0.5, 0.6) is 0 Å². The summed E-state index contributed by atoms with van der Waals surface area (Å²) in [4.78, 5) is 2.24. The van der Waals surface area contributed by atoms with Crippen molar-refractivity contribution >= 4 is 28.4 Å². The maximum atomic E-state index is 4.67. The highest BCUT2D eigenvalue weighted by molar-refractivity contribution is 5.77. The van der Waals surface area contributed by atoms with Crippen LogP contribution in [-0.2, 0) is 0 Å². The van der Waals surface area contributed by atoms with Crippen molar-refractivity contribution in [3.05, 3.63) is 115 Å². The summed E-state index contributed by atoms with van der Waals surface area (Å²) in [6.07, 6.45) is 0. The molecule has 0 N–H and O–H groups in total. The highest BCUT2D eigenvalue weighted by Gasteiger charge is 2.11. The van der Waals surface area contributed by atoms with Crippen LogP contribution in [0.15, 0.2) is 115 Å². The third-order valence-corrected chi connectivity index (χ3v) is 4.15. The predicted octanol–water partition coefficient (Wildman–Crippen LogP) is 6.72. The summed E-state index contributed by atoms with van der Waals surface area (Å²) in [6, 6.07) is 39.1. The molecule has 0 atom stereocenters. The fraction of sp³-hybridized carbons (Fsp3) is 0. The van der Waals surface area contributed by atoms with Gasteiger partial charge >= 0.3 is 0 Å². The zero-order valence-electron chi connectivity index (χ0n) is 14.4. The Labute approximate surface area is 154 Å². The molecule has 125 valence electrons. The van der Waals surface area contributed by atoms with Gasteiger partial charge < -0.3 is 4.90 Å². The molecule has 0 amide bonds. The molecule has 0 spiro atoms. The molecule has 4 aromatic carbocycles. The maximum absolute atomic E-state index is 4.67. The first-order valence-corrected chi connectivity index (χ1v) is 8.67. The van der Waals surface area contributed by atoms with E-state index in [9.17, 15) is 0 Å². The molecule has 4 rings (SSSR count). The molecule has 1 radical (unpaired) electrons. The van der Waals surface area contributed by atoms with E-state index in [1.54, 1.807) is 0 Å². The summed E-state index contributed by atoms with van der Waals surface area (Å²) >= 11 is 0. The Kier molecular flexibility index (Phi) is 4.66. The van der Waals surface area contributed by atoms with E-state index >= 15 is 0 Å². The van der Waals surface area contributed by atoms with E-state index in [4.69, 9.17) is 0 Å². The van der Waals surface area contributed by atoms with E-state index in [0.717, 1.165) is 28.4 Å². The van der Waals surface area contributed by atoms with E-state index in [-0.39, 0.29) is 0 Å². The van der Waals surface area contributed by atoms with Gasteiger partial charge in [-0.05, 0) is 60.7 Å². The Morgan fingerprint density at radius 3 is 1.27 bits per heavy atom. The molecule has 0 aliphatic carbocycles. The second-order valence-electron chi connectivity index (χ2n) is 5.97. The molecule has 26 heavy (non-hydrogen) atoms. The summed E-state index contributed by atoms with van der Waals surface area (Å²) in [5.41, 5.74) is 5.27. The van der Waals surface area contributed by atoms with E-state index in [2.05, 4.69) is 83.0 Å². The fourth-order valence-corrected chi connectivity index (χ4v) is 2.93. The highest BCUT2D eigenvalue weighted by Crippen LogP contribution is 2.34. The molecule has 0 fully saturated rings. The van der Waals surface area contributed by atoms with Crippen molar-refractivity contribution in [3.8, 4) is 0 Å². The van der Waals surface area contributed by atoms with Crippen molar-refractivity contribution in [2.75, 3.05) is 4.90 Å². The minimum Gasteiger partial charge on any atom is -0.311 e. The first-order valence-electron chi connectivity index (χ1n) is 8.67.